The lowest BCUT2D eigenvalue weighted by atomic mass is 10.2. The van der Waals surface area contributed by atoms with E-state index in [2.05, 4.69) is 15.5 Å². The lowest BCUT2D eigenvalue weighted by Crippen LogP contribution is -2.03. The normalized spacial score (nSPS) is 11.1. The number of nitrogens with zero attached hydrogens (tertiary/aromatic N) is 3. The number of benzene rings is 1. The Morgan fingerprint density at radius 3 is 2.68 bits per heavy atom. The van der Waals surface area contributed by atoms with Crippen LogP contribution in [0.2, 0.25) is 0 Å². The average Bonchev–Trinajstić information content (AvgIpc) is 2.46. The van der Waals surface area contributed by atoms with Crippen LogP contribution < -0.4 is 5.43 Å². The molecule has 0 amide bonds. The molecule has 0 aliphatic heterocycles. The number of para-hydroxylation sites is 2. The van der Waals surface area contributed by atoms with Gasteiger partial charge in [-0.15, -0.1) is 0 Å². The van der Waals surface area contributed by atoms with Crippen molar-refractivity contribution >= 4 is 17.1 Å². The minimum absolute atomic E-state index is 0.0138. The Bertz CT molecular complexity index is 611. The van der Waals surface area contributed by atoms with E-state index in [1.54, 1.807) is 31.3 Å². The summed E-state index contributed by atoms with van der Waals surface area (Å²) in [5.41, 5.74) is 4.40. The fourth-order valence-corrected chi connectivity index (χ4v) is 1.51. The molecule has 6 heteroatoms. The summed E-state index contributed by atoms with van der Waals surface area (Å²) in [6.07, 6.45) is 1.67. The van der Waals surface area contributed by atoms with Gasteiger partial charge in [0.15, 0.2) is 0 Å². The van der Waals surface area contributed by atoms with Gasteiger partial charge in [-0.3, -0.25) is 20.5 Å². The van der Waals surface area contributed by atoms with Gasteiger partial charge in [0.25, 0.3) is 5.69 Å². The van der Waals surface area contributed by atoms with Crippen molar-refractivity contribution in [2.75, 3.05) is 5.43 Å². The molecular formula is C13H12N4O2. The number of nitrogens with one attached hydrogen (secondary N) is 1. The Morgan fingerprint density at radius 1 is 1.26 bits per heavy atom. The maximum Gasteiger partial charge on any atom is 0.294 e. The molecule has 1 heterocycles. The van der Waals surface area contributed by atoms with Crippen molar-refractivity contribution in [1.82, 2.24) is 4.98 Å². The van der Waals surface area contributed by atoms with Gasteiger partial charge < -0.3 is 0 Å². The van der Waals surface area contributed by atoms with Crippen LogP contribution in [0.3, 0.4) is 0 Å². The van der Waals surface area contributed by atoms with Crippen LogP contribution in [-0.2, 0) is 0 Å². The number of nitro groups is 1. The largest absolute Gasteiger partial charge is 0.294 e. The molecule has 0 bridgehead atoms. The second-order valence-electron chi connectivity index (χ2n) is 3.80. The highest BCUT2D eigenvalue weighted by Crippen LogP contribution is 2.23. The smallest absolute Gasteiger partial charge is 0.271 e. The van der Waals surface area contributed by atoms with E-state index in [0.29, 0.717) is 17.1 Å². The molecule has 0 aliphatic rings. The molecule has 0 aliphatic carbocycles. The molecule has 0 radical (unpaired) electrons. The summed E-state index contributed by atoms with van der Waals surface area (Å²) >= 11 is 0. The van der Waals surface area contributed by atoms with Gasteiger partial charge >= 0.3 is 0 Å². The molecule has 0 fully saturated rings. The van der Waals surface area contributed by atoms with E-state index in [9.17, 15) is 10.1 Å². The molecule has 6 nitrogen and oxygen atoms in total. The molecular weight excluding hydrogens is 244 g/mol. The predicted molar refractivity (Wildman–Crippen MR) is 73.2 cm³/mol. The first-order valence-electron chi connectivity index (χ1n) is 5.63. The molecule has 19 heavy (non-hydrogen) atoms. The van der Waals surface area contributed by atoms with Gasteiger partial charge in [-0.05, 0) is 25.1 Å². The SMILES string of the molecule is C/C(=N\Nc1ccccc1[N+](=O)[O-])c1ccccn1. The molecule has 1 N–H and O–H groups in total. The van der Waals surface area contributed by atoms with Crippen LogP contribution >= 0.6 is 0 Å². The highest BCUT2D eigenvalue weighted by atomic mass is 16.6. The van der Waals surface area contributed by atoms with E-state index >= 15 is 0 Å². The Morgan fingerprint density at radius 2 is 2.00 bits per heavy atom. The van der Waals surface area contributed by atoms with Crippen LogP contribution in [0.25, 0.3) is 0 Å². The number of anilines is 1. The van der Waals surface area contributed by atoms with Gasteiger partial charge in [0, 0.05) is 12.3 Å². The number of hydrogen-bond acceptors (Lipinski definition) is 5. The molecule has 0 spiro atoms. The van der Waals surface area contributed by atoms with E-state index in [0.717, 1.165) is 0 Å². The van der Waals surface area contributed by atoms with Crippen LogP contribution in [0, 0.1) is 10.1 Å². The summed E-state index contributed by atoms with van der Waals surface area (Å²) in [7, 11) is 0. The van der Waals surface area contributed by atoms with E-state index in [1.807, 2.05) is 18.2 Å². The van der Waals surface area contributed by atoms with Crippen molar-refractivity contribution in [3.8, 4) is 0 Å². The van der Waals surface area contributed by atoms with E-state index in [4.69, 9.17) is 0 Å². The molecule has 2 rings (SSSR count). The van der Waals surface area contributed by atoms with E-state index < -0.39 is 4.92 Å². The van der Waals surface area contributed by atoms with Crippen LogP contribution in [0.5, 0.6) is 0 Å². The molecule has 0 atom stereocenters. The Kier molecular flexibility index (Phi) is 3.82. The predicted octanol–water partition coefficient (Wildman–Crippen LogP) is 2.83. The van der Waals surface area contributed by atoms with E-state index in [1.165, 1.54) is 6.07 Å². The van der Waals surface area contributed by atoms with Crippen molar-refractivity contribution in [1.29, 1.82) is 0 Å². The highest BCUT2D eigenvalue weighted by molar-refractivity contribution is 5.97. The van der Waals surface area contributed by atoms with Crippen LogP contribution in [0.4, 0.5) is 11.4 Å². The second-order valence-corrected chi connectivity index (χ2v) is 3.80. The molecule has 2 aromatic rings. The van der Waals surface area contributed by atoms with Crippen molar-refractivity contribution in [3.63, 3.8) is 0 Å². The Balaban J connectivity index is 2.21. The summed E-state index contributed by atoms with van der Waals surface area (Å²) in [5.74, 6) is 0. The minimum atomic E-state index is -0.450. The zero-order valence-electron chi connectivity index (χ0n) is 10.3. The van der Waals surface area contributed by atoms with Crippen LogP contribution in [-0.4, -0.2) is 15.6 Å². The van der Waals surface area contributed by atoms with Crippen molar-refractivity contribution in [3.05, 3.63) is 64.5 Å². The molecule has 1 aromatic heterocycles. The highest BCUT2D eigenvalue weighted by Gasteiger charge is 2.11. The Hall–Kier alpha value is -2.76. The van der Waals surface area contributed by atoms with Gasteiger partial charge in [0.2, 0.25) is 0 Å². The second kappa shape index (κ2) is 5.72. The van der Waals surface area contributed by atoms with Gasteiger partial charge in [-0.2, -0.15) is 5.10 Å². The van der Waals surface area contributed by atoms with Gasteiger partial charge in [0.05, 0.1) is 16.3 Å². The van der Waals surface area contributed by atoms with Crippen LogP contribution in [0.1, 0.15) is 12.6 Å². The monoisotopic (exact) mass is 256 g/mol. The van der Waals surface area contributed by atoms with Crippen molar-refractivity contribution in [2.45, 2.75) is 6.92 Å². The van der Waals surface area contributed by atoms with E-state index in [-0.39, 0.29) is 5.69 Å². The first kappa shape index (κ1) is 12.7. The third kappa shape index (κ3) is 3.12. The maximum absolute atomic E-state index is 10.8. The fourth-order valence-electron chi connectivity index (χ4n) is 1.51. The molecule has 1 aromatic carbocycles. The summed E-state index contributed by atoms with van der Waals surface area (Å²) in [6.45, 7) is 1.78. The maximum atomic E-state index is 10.8. The summed E-state index contributed by atoms with van der Waals surface area (Å²) in [4.78, 5) is 14.5. The zero-order valence-corrected chi connectivity index (χ0v) is 10.3. The number of rotatable bonds is 4. The van der Waals surface area contributed by atoms with Crippen LogP contribution in [0.15, 0.2) is 53.8 Å². The van der Waals surface area contributed by atoms with Gasteiger partial charge in [0.1, 0.15) is 5.69 Å². The summed E-state index contributed by atoms with van der Waals surface area (Å²) in [6, 6.07) is 11.8. The number of hydrogen-bond donors (Lipinski definition) is 1. The average molecular weight is 256 g/mol. The number of pyridine rings is 1. The topological polar surface area (TPSA) is 80.4 Å². The standard InChI is InChI=1S/C13H12N4O2/c1-10(11-6-4-5-9-14-11)15-16-12-7-2-3-8-13(12)17(18)19/h2-9,16H,1H3/b15-10+. The quantitative estimate of drug-likeness (QED) is 0.518. The third-order valence-corrected chi connectivity index (χ3v) is 2.48. The van der Waals surface area contributed by atoms with Crippen molar-refractivity contribution < 1.29 is 4.92 Å². The lowest BCUT2D eigenvalue weighted by Gasteiger charge is -2.03. The molecule has 96 valence electrons. The number of aromatic nitrogens is 1. The summed E-state index contributed by atoms with van der Waals surface area (Å²) in [5, 5.41) is 14.9. The molecule has 0 unspecified atom stereocenters. The fraction of sp³-hybridized carbons (Fsp3) is 0.0769. The molecule has 0 saturated heterocycles. The molecule has 0 saturated carbocycles. The number of hydrazone groups is 1. The Labute approximate surface area is 110 Å². The zero-order chi connectivity index (χ0) is 13.7. The first-order chi connectivity index (χ1) is 9.18. The minimum Gasteiger partial charge on any atom is -0.271 e. The summed E-state index contributed by atoms with van der Waals surface area (Å²) < 4.78 is 0. The third-order valence-electron chi connectivity index (χ3n) is 2.48. The number of nitro benzene ring substituents is 1. The lowest BCUT2D eigenvalue weighted by molar-refractivity contribution is -0.384. The first-order valence-corrected chi connectivity index (χ1v) is 5.63. The van der Waals surface area contributed by atoms with Gasteiger partial charge in [-0.25, -0.2) is 0 Å². The van der Waals surface area contributed by atoms with Crippen molar-refractivity contribution in [2.24, 2.45) is 5.10 Å². The van der Waals surface area contributed by atoms with Gasteiger partial charge in [-0.1, -0.05) is 18.2 Å².